The van der Waals surface area contributed by atoms with Crippen molar-refractivity contribution in [1.82, 2.24) is 10.1 Å². The van der Waals surface area contributed by atoms with Crippen LogP contribution in [-0.4, -0.2) is 68.3 Å². The first kappa shape index (κ1) is 24.4. The van der Waals surface area contributed by atoms with E-state index in [1.54, 1.807) is 14.2 Å². The molecule has 2 heterocycles. The summed E-state index contributed by atoms with van der Waals surface area (Å²) in [5.74, 6) is 0.811. The zero-order valence-corrected chi connectivity index (χ0v) is 20.2. The molecule has 1 aliphatic heterocycles. The minimum Gasteiger partial charge on any atom is -0.389 e. The Hall–Kier alpha value is -2.71. The van der Waals surface area contributed by atoms with Gasteiger partial charge in [0.1, 0.15) is 5.69 Å². The van der Waals surface area contributed by atoms with Gasteiger partial charge in [-0.25, -0.2) is 0 Å². The van der Waals surface area contributed by atoms with Crippen molar-refractivity contribution >= 4 is 5.88 Å². The van der Waals surface area contributed by atoms with Crippen LogP contribution in [0.2, 0.25) is 0 Å². The number of benzene rings is 2. The highest BCUT2D eigenvalue weighted by molar-refractivity contribution is 5.68. The normalized spacial score (nSPS) is 14.4. The van der Waals surface area contributed by atoms with Crippen molar-refractivity contribution in [3.8, 4) is 11.3 Å². The van der Waals surface area contributed by atoms with Gasteiger partial charge < -0.3 is 24.0 Å². The highest BCUT2D eigenvalue weighted by Gasteiger charge is 2.27. The molecule has 0 unspecified atom stereocenters. The number of aliphatic hydroxyl groups is 1. The topological polar surface area (TPSA) is 71.2 Å². The van der Waals surface area contributed by atoms with Gasteiger partial charge in [-0.3, -0.25) is 4.90 Å². The largest absolute Gasteiger partial charge is 0.389 e. The Kier molecular flexibility index (Phi) is 8.71. The summed E-state index contributed by atoms with van der Waals surface area (Å²) in [5, 5.41) is 15.0. The van der Waals surface area contributed by atoms with E-state index in [0.29, 0.717) is 26.3 Å². The molecule has 2 aromatic carbocycles. The lowest BCUT2D eigenvalue weighted by Gasteiger charge is -2.30. The smallest absolute Gasteiger partial charge is 0.232 e. The van der Waals surface area contributed by atoms with Crippen molar-refractivity contribution in [2.45, 2.75) is 32.0 Å². The van der Waals surface area contributed by atoms with Gasteiger partial charge in [-0.2, -0.15) is 0 Å². The van der Waals surface area contributed by atoms with Gasteiger partial charge in [0.05, 0.1) is 18.3 Å². The first-order valence-corrected chi connectivity index (χ1v) is 11.9. The third-order valence-corrected chi connectivity index (χ3v) is 6.27. The molecule has 34 heavy (non-hydrogen) atoms. The number of methoxy groups -OCH3 is 2. The molecule has 1 aromatic heterocycles. The number of ether oxygens (including phenoxy) is 2. The number of aromatic nitrogens is 1. The van der Waals surface area contributed by atoms with Crippen molar-refractivity contribution in [3.05, 3.63) is 71.3 Å². The lowest BCUT2D eigenvalue weighted by Crippen LogP contribution is -2.36. The molecule has 0 aliphatic carbocycles. The Morgan fingerprint density at radius 3 is 2.59 bits per heavy atom. The van der Waals surface area contributed by atoms with Gasteiger partial charge in [-0.05, 0) is 24.0 Å². The minimum atomic E-state index is -0.571. The Bertz CT molecular complexity index is 1020. The zero-order valence-electron chi connectivity index (χ0n) is 20.2. The predicted octanol–water partition coefficient (Wildman–Crippen LogP) is 3.75. The van der Waals surface area contributed by atoms with Crippen LogP contribution in [-0.2, 0) is 29.0 Å². The van der Waals surface area contributed by atoms with Crippen LogP contribution in [0.15, 0.2) is 59.1 Å². The van der Waals surface area contributed by atoms with Crippen LogP contribution < -0.4 is 4.90 Å². The quantitative estimate of drug-likeness (QED) is 0.409. The summed E-state index contributed by atoms with van der Waals surface area (Å²) in [7, 11) is 3.32. The molecule has 0 fully saturated rings. The molecule has 3 aromatic rings. The Morgan fingerprint density at radius 1 is 1.06 bits per heavy atom. The van der Waals surface area contributed by atoms with Gasteiger partial charge in [-0.15, -0.1) is 0 Å². The second-order valence-corrected chi connectivity index (χ2v) is 8.81. The summed E-state index contributed by atoms with van der Waals surface area (Å²) in [4.78, 5) is 4.53. The molecule has 1 N–H and O–H groups in total. The standard InChI is InChI=1S/C27H35N3O4/c1-32-16-8-14-29(18-24(31)20-33-2)19-25-26(22-10-4-3-5-11-22)28-34-27(25)30-15-13-21-9-6-7-12-23(21)17-30/h3-7,9-12,24,31H,8,13-20H2,1-2H3/t24-/m1/s1. The van der Waals surface area contributed by atoms with Gasteiger partial charge in [-0.1, -0.05) is 59.8 Å². The monoisotopic (exact) mass is 465 g/mol. The highest BCUT2D eigenvalue weighted by Crippen LogP contribution is 2.35. The summed E-state index contributed by atoms with van der Waals surface area (Å²) in [6.45, 7) is 4.54. The minimum absolute atomic E-state index is 0.297. The second-order valence-electron chi connectivity index (χ2n) is 8.81. The first-order chi connectivity index (χ1) is 16.7. The fourth-order valence-electron chi connectivity index (χ4n) is 4.62. The maximum absolute atomic E-state index is 10.5. The molecular weight excluding hydrogens is 430 g/mol. The second kappa shape index (κ2) is 12.1. The number of aliphatic hydroxyl groups excluding tert-OH is 1. The Morgan fingerprint density at radius 2 is 1.82 bits per heavy atom. The van der Waals surface area contributed by atoms with E-state index in [1.165, 1.54) is 11.1 Å². The lowest BCUT2D eigenvalue weighted by atomic mass is 9.99. The number of nitrogens with zero attached hydrogens (tertiary/aromatic N) is 3. The van der Waals surface area contributed by atoms with Crippen LogP contribution in [0, 0.1) is 0 Å². The van der Waals surface area contributed by atoms with Crippen LogP contribution in [0.5, 0.6) is 0 Å². The van der Waals surface area contributed by atoms with Gasteiger partial charge in [0.15, 0.2) is 0 Å². The molecule has 0 bridgehead atoms. The molecule has 0 amide bonds. The maximum atomic E-state index is 10.5. The molecule has 0 saturated carbocycles. The van der Waals surface area contributed by atoms with E-state index in [4.69, 9.17) is 14.0 Å². The SMILES string of the molecule is COCCCN(Cc1c(-c2ccccc2)noc1N1CCc2ccccc2C1)C[C@@H](O)COC. The van der Waals surface area contributed by atoms with E-state index < -0.39 is 6.10 Å². The summed E-state index contributed by atoms with van der Waals surface area (Å²) in [6, 6.07) is 18.7. The molecule has 7 heteroatoms. The molecule has 0 spiro atoms. The van der Waals surface area contributed by atoms with Crippen molar-refractivity contribution in [2.75, 3.05) is 52.0 Å². The highest BCUT2D eigenvalue weighted by atomic mass is 16.5. The molecule has 1 aliphatic rings. The van der Waals surface area contributed by atoms with E-state index >= 15 is 0 Å². The van der Waals surface area contributed by atoms with E-state index in [0.717, 1.165) is 55.2 Å². The fourth-order valence-corrected chi connectivity index (χ4v) is 4.62. The fraction of sp³-hybridized carbons (Fsp3) is 0.444. The van der Waals surface area contributed by atoms with Gasteiger partial charge in [0, 0.05) is 59.1 Å². The average molecular weight is 466 g/mol. The molecule has 0 saturated heterocycles. The predicted molar refractivity (Wildman–Crippen MR) is 133 cm³/mol. The summed E-state index contributed by atoms with van der Waals surface area (Å²) >= 11 is 0. The molecule has 0 radical (unpaired) electrons. The zero-order chi connectivity index (χ0) is 23.8. The van der Waals surface area contributed by atoms with Gasteiger partial charge in [0.25, 0.3) is 0 Å². The van der Waals surface area contributed by atoms with Crippen LogP contribution in [0.25, 0.3) is 11.3 Å². The summed E-state index contributed by atoms with van der Waals surface area (Å²) in [6.07, 6.45) is 1.27. The van der Waals surface area contributed by atoms with Crippen molar-refractivity contribution in [3.63, 3.8) is 0 Å². The number of hydrogen-bond donors (Lipinski definition) is 1. The molecule has 182 valence electrons. The maximum Gasteiger partial charge on any atom is 0.232 e. The van der Waals surface area contributed by atoms with Crippen molar-refractivity contribution < 1.29 is 19.1 Å². The van der Waals surface area contributed by atoms with Crippen molar-refractivity contribution in [1.29, 1.82) is 0 Å². The Balaban J connectivity index is 1.64. The lowest BCUT2D eigenvalue weighted by molar-refractivity contribution is 0.0337. The average Bonchev–Trinajstić information content (AvgIpc) is 3.28. The summed E-state index contributed by atoms with van der Waals surface area (Å²) in [5.41, 5.74) is 5.65. The third kappa shape index (κ3) is 6.04. The van der Waals surface area contributed by atoms with Crippen LogP contribution in [0.4, 0.5) is 5.88 Å². The van der Waals surface area contributed by atoms with Crippen LogP contribution in [0.3, 0.4) is 0 Å². The number of fused-ring (bicyclic) bond motifs is 1. The molecular formula is C27H35N3O4. The van der Waals surface area contributed by atoms with E-state index in [9.17, 15) is 5.11 Å². The molecule has 4 rings (SSSR count). The van der Waals surface area contributed by atoms with E-state index in [-0.39, 0.29) is 0 Å². The third-order valence-electron chi connectivity index (χ3n) is 6.27. The first-order valence-electron chi connectivity index (χ1n) is 11.9. The summed E-state index contributed by atoms with van der Waals surface area (Å²) < 4.78 is 16.5. The number of hydrogen-bond acceptors (Lipinski definition) is 7. The Labute approximate surface area is 201 Å². The van der Waals surface area contributed by atoms with Gasteiger partial charge >= 0.3 is 0 Å². The molecule has 7 nitrogen and oxygen atoms in total. The number of rotatable bonds is 12. The van der Waals surface area contributed by atoms with E-state index in [1.807, 2.05) is 18.2 Å². The molecule has 1 atom stereocenters. The van der Waals surface area contributed by atoms with E-state index in [2.05, 4.69) is 51.4 Å². The number of anilines is 1. The van der Waals surface area contributed by atoms with Crippen LogP contribution >= 0.6 is 0 Å². The van der Waals surface area contributed by atoms with Crippen LogP contribution in [0.1, 0.15) is 23.1 Å². The van der Waals surface area contributed by atoms with Gasteiger partial charge in [0.2, 0.25) is 5.88 Å². The van der Waals surface area contributed by atoms with Crippen molar-refractivity contribution in [2.24, 2.45) is 0 Å².